The summed E-state index contributed by atoms with van der Waals surface area (Å²) in [5, 5.41) is 3.78. The van der Waals surface area contributed by atoms with Gasteiger partial charge in [-0.2, -0.15) is 0 Å². The Morgan fingerprint density at radius 3 is 2.85 bits per heavy atom. The van der Waals surface area contributed by atoms with Gasteiger partial charge in [0.2, 0.25) is 5.91 Å². The van der Waals surface area contributed by atoms with E-state index >= 15 is 0 Å². The van der Waals surface area contributed by atoms with Crippen LogP contribution in [0.4, 0.5) is 0 Å². The Kier molecular flexibility index (Phi) is 4.58. The molecule has 1 unspecified atom stereocenters. The minimum atomic E-state index is -0.161. The number of fused-ring (bicyclic) bond motifs is 2. The van der Waals surface area contributed by atoms with Crippen molar-refractivity contribution in [3.63, 3.8) is 0 Å². The van der Waals surface area contributed by atoms with Crippen LogP contribution in [0, 0.1) is 0 Å². The Hall–Kier alpha value is -2.86. The zero-order valence-corrected chi connectivity index (χ0v) is 15.1. The van der Waals surface area contributed by atoms with Gasteiger partial charge in [-0.05, 0) is 42.8 Å². The Morgan fingerprint density at radius 1 is 1.19 bits per heavy atom. The standard InChI is InChI=1S/C20H18N2O3S/c1-13(14-6-7-16-17(12-14)25-11-10-24-16)21-19(23)8-9-20-22-15-4-2-3-5-18(15)26-20/h2-9,12-13H,10-11H2,1H3,(H,21,23)/b9-8+. The van der Waals surface area contributed by atoms with Crippen molar-refractivity contribution in [1.29, 1.82) is 0 Å². The fourth-order valence-electron chi connectivity index (χ4n) is 2.78. The van der Waals surface area contributed by atoms with Gasteiger partial charge in [-0.25, -0.2) is 4.98 Å². The third kappa shape index (κ3) is 3.55. The van der Waals surface area contributed by atoms with Gasteiger partial charge in [0.05, 0.1) is 16.3 Å². The minimum absolute atomic E-state index is 0.140. The second-order valence-electron chi connectivity index (χ2n) is 5.99. The Balaban J connectivity index is 1.42. The molecule has 0 spiro atoms. The Bertz CT molecular complexity index is 947. The summed E-state index contributed by atoms with van der Waals surface area (Å²) in [6, 6.07) is 13.5. The van der Waals surface area contributed by atoms with Crippen molar-refractivity contribution >= 4 is 33.5 Å². The normalized spacial score (nSPS) is 14.5. The van der Waals surface area contributed by atoms with Gasteiger partial charge in [0.25, 0.3) is 0 Å². The number of nitrogens with one attached hydrogen (secondary N) is 1. The molecule has 0 saturated carbocycles. The lowest BCUT2D eigenvalue weighted by molar-refractivity contribution is -0.117. The van der Waals surface area contributed by atoms with Gasteiger partial charge in [-0.3, -0.25) is 4.79 Å². The van der Waals surface area contributed by atoms with E-state index in [1.807, 2.05) is 49.4 Å². The average Bonchev–Trinajstić information content (AvgIpc) is 3.09. The van der Waals surface area contributed by atoms with Crippen molar-refractivity contribution in [2.24, 2.45) is 0 Å². The molecule has 1 aliphatic heterocycles. The molecule has 0 fully saturated rings. The van der Waals surface area contributed by atoms with Gasteiger partial charge in [-0.1, -0.05) is 18.2 Å². The summed E-state index contributed by atoms with van der Waals surface area (Å²) in [5.41, 5.74) is 1.91. The SMILES string of the molecule is CC(NC(=O)/C=C/c1nc2ccccc2s1)c1ccc2c(c1)OCCO2. The number of rotatable bonds is 4. The molecule has 4 rings (SSSR count). The topological polar surface area (TPSA) is 60.5 Å². The van der Waals surface area contributed by atoms with Crippen LogP contribution in [0.5, 0.6) is 11.5 Å². The monoisotopic (exact) mass is 366 g/mol. The number of aromatic nitrogens is 1. The number of carbonyl (C=O) groups is 1. The van der Waals surface area contributed by atoms with Gasteiger partial charge < -0.3 is 14.8 Å². The Morgan fingerprint density at radius 2 is 2.00 bits per heavy atom. The van der Waals surface area contributed by atoms with Crippen molar-refractivity contribution in [3.05, 3.63) is 59.1 Å². The molecule has 1 amide bonds. The highest BCUT2D eigenvalue weighted by molar-refractivity contribution is 7.19. The summed E-state index contributed by atoms with van der Waals surface area (Å²) < 4.78 is 12.2. The molecule has 0 bridgehead atoms. The highest BCUT2D eigenvalue weighted by Gasteiger charge is 2.15. The maximum Gasteiger partial charge on any atom is 0.244 e. The molecule has 3 aromatic rings. The van der Waals surface area contributed by atoms with Crippen molar-refractivity contribution in [2.75, 3.05) is 13.2 Å². The minimum Gasteiger partial charge on any atom is -0.486 e. The highest BCUT2D eigenvalue weighted by Crippen LogP contribution is 2.32. The molecule has 5 nitrogen and oxygen atoms in total. The number of hydrogen-bond acceptors (Lipinski definition) is 5. The first-order valence-electron chi connectivity index (χ1n) is 8.43. The van der Waals surface area contributed by atoms with E-state index in [-0.39, 0.29) is 11.9 Å². The summed E-state index contributed by atoms with van der Waals surface area (Å²) in [5.74, 6) is 1.31. The molecule has 0 saturated heterocycles. The van der Waals surface area contributed by atoms with Crippen LogP contribution in [0.2, 0.25) is 0 Å². The van der Waals surface area contributed by atoms with E-state index in [9.17, 15) is 4.79 Å². The molecule has 1 N–H and O–H groups in total. The lowest BCUT2D eigenvalue weighted by atomic mass is 10.1. The zero-order valence-electron chi connectivity index (χ0n) is 14.3. The molecule has 26 heavy (non-hydrogen) atoms. The molecule has 2 heterocycles. The molecule has 1 aliphatic rings. The van der Waals surface area contributed by atoms with Crippen molar-refractivity contribution in [3.8, 4) is 11.5 Å². The van der Waals surface area contributed by atoms with Crippen LogP contribution in [0.15, 0.2) is 48.5 Å². The number of benzene rings is 2. The van der Waals surface area contributed by atoms with E-state index in [1.54, 1.807) is 17.4 Å². The van der Waals surface area contributed by atoms with Crippen LogP contribution in [-0.2, 0) is 4.79 Å². The van der Waals surface area contributed by atoms with Crippen LogP contribution in [0.25, 0.3) is 16.3 Å². The van der Waals surface area contributed by atoms with Gasteiger partial charge in [-0.15, -0.1) is 11.3 Å². The third-order valence-corrected chi connectivity index (χ3v) is 5.11. The molecular formula is C20H18N2O3S. The molecule has 0 radical (unpaired) electrons. The quantitative estimate of drug-likeness (QED) is 0.710. The fourth-order valence-corrected chi connectivity index (χ4v) is 3.65. The van der Waals surface area contributed by atoms with Gasteiger partial charge in [0.15, 0.2) is 11.5 Å². The van der Waals surface area contributed by atoms with Gasteiger partial charge >= 0.3 is 0 Å². The van der Waals surface area contributed by atoms with Crippen LogP contribution < -0.4 is 14.8 Å². The number of amides is 1. The summed E-state index contributed by atoms with van der Waals surface area (Å²) in [7, 11) is 0. The van der Waals surface area contributed by atoms with Crippen LogP contribution >= 0.6 is 11.3 Å². The van der Waals surface area contributed by atoms with E-state index in [2.05, 4.69) is 10.3 Å². The number of nitrogens with zero attached hydrogens (tertiary/aromatic N) is 1. The van der Waals surface area contributed by atoms with E-state index in [4.69, 9.17) is 9.47 Å². The van der Waals surface area contributed by atoms with E-state index < -0.39 is 0 Å². The predicted molar refractivity (Wildman–Crippen MR) is 103 cm³/mol. The molecule has 132 valence electrons. The molecule has 6 heteroatoms. The first-order chi connectivity index (χ1) is 12.7. The number of hydrogen-bond donors (Lipinski definition) is 1. The summed E-state index contributed by atoms with van der Waals surface area (Å²) in [6.45, 7) is 3.05. The molecule has 2 aromatic carbocycles. The summed E-state index contributed by atoms with van der Waals surface area (Å²) in [4.78, 5) is 16.7. The Labute approximate surface area is 155 Å². The number of carbonyl (C=O) groups excluding carboxylic acids is 1. The molecule has 1 aromatic heterocycles. The maximum atomic E-state index is 12.2. The largest absolute Gasteiger partial charge is 0.486 e. The van der Waals surface area contributed by atoms with E-state index in [0.29, 0.717) is 13.2 Å². The molecule has 1 atom stereocenters. The van der Waals surface area contributed by atoms with Crippen LogP contribution in [0.1, 0.15) is 23.5 Å². The number of para-hydroxylation sites is 1. The van der Waals surface area contributed by atoms with E-state index in [0.717, 1.165) is 32.3 Å². The van der Waals surface area contributed by atoms with Crippen molar-refractivity contribution in [2.45, 2.75) is 13.0 Å². The average molecular weight is 366 g/mol. The summed E-state index contributed by atoms with van der Waals surface area (Å²) >= 11 is 1.56. The van der Waals surface area contributed by atoms with Crippen molar-refractivity contribution < 1.29 is 14.3 Å². The maximum absolute atomic E-state index is 12.2. The third-order valence-electron chi connectivity index (χ3n) is 4.11. The molecule has 0 aliphatic carbocycles. The van der Waals surface area contributed by atoms with Crippen LogP contribution in [-0.4, -0.2) is 24.1 Å². The number of thiazole rings is 1. The summed E-state index contributed by atoms with van der Waals surface area (Å²) in [6.07, 6.45) is 3.27. The lowest BCUT2D eigenvalue weighted by Crippen LogP contribution is -2.25. The first-order valence-corrected chi connectivity index (χ1v) is 9.24. The van der Waals surface area contributed by atoms with Gasteiger partial charge in [0.1, 0.15) is 18.2 Å². The second-order valence-corrected chi connectivity index (χ2v) is 7.05. The highest BCUT2D eigenvalue weighted by atomic mass is 32.1. The first kappa shape index (κ1) is 16.6. The van der Waals surface area contributed by atoms with Gasteiger partial charge in [0, 0.05) is 6.08 Å². The second kappa shape index (κ2) is 7.17. The fraction of sp³-hybridized carbons (Fsp3) is 0.200. The smallest absolute Gasteiger partial charge is 0.244 e. The predicted octanol–water partition coefficient (Wildman–Crippen LogP) is 3.96. The lowest BCUT2D eigenvalue weighted by Gasteiger charge is -2.20. The van der Waals surface area contributed by atoms with E-state index in [1.165, 1.54) is 6.08 Å². The molecular weight excluding hydrogens is 348 g/mol. The van der Waals surface area contributed by atoms with Crippen molar-refractivity contribution in [1.82, 2.24) is 10.3 Å². The zero-order chi connectivity index (χ0) is 17.9. The number of ether oxygens (including phenoxy) is 2. The van der Waals surface area contributed by atoms with Crippen LogP contribution in [0.3, 0.4) is 0 Å².